The van der Waals surface area contributed by atoms with Crippen LogP contribution in [-0.4, -0.2) is 4.98 Å². The van der Waals surface area contributed by atoms with Crippen molar-refractivity contribution < 1.29 is 0 Å². The standard InChI is InChI=1S/C13H13ClN2/c1-10-6-13(9-15-7-10)16-8-11-2-4-12(14)5-3-11/h2-7,9,16H,8H2,1H3. The second-order valence-corrected chi connectivity index (χ2v) is 4.17. The molecule has 1 heterocycles. The molecular formula is C13H13ClN2. The number of rotatable bonds is 3. The van der Waals surface area contributed by atoms with E-state index in [0.717, 1.165) is 22.8 Å². The number of hydrogen-bond acceptors (Lipinski definition) is 2. The molecule has 16 heavy (non-hydrogen) atoms. The van der Waals surface area contributed by atoms with Crippen molar-refractivity contribution in [3.63, 3.8) is 0 Å². The summed E-state index contributed by atoms with van der Waals surface area (Å²) in [6.07, 6.45) is 3.66. The summed E-state index contributed by atoms with van der Waals surface area (Å²) in [5.74, 6) is 0. The van der Waals surface area contributed by atoms with Gasteiger partial charge in [0.05, 0.1) is 5.69 Å². The Hall–Kier alpha value is -1.54. The molecule has 0 aliphatic rings. The zero-order valence-electron chi connectivity index (χ0n) is 9.07. The molecule has 1 aromatic carbocycles. The van der Waals surface area contributed by atoms with Gasteiger partial charge in [-0.15, -0.1) is 0 Å². The van der Waals surface area contributed by atoms with E-state index in [9.17, 15) is 0 Å². The van der Waals surface area contributed by atoms with E-state index >= 15 is 0 Å². The number of aryl methyl sites for hydroxylation is 1. The molecule has 3 heteroatoms. The van der Waals surface area contributed by atoms with Crippen molar-refractivity contribution in [1.29, 1.82) is 0 Å². The Morgan fingerprint density at radius 2 is 1.94 bits per heavy atom. The molecule has 0 bridgehead atoms. The fraction of sp³-hybridized carbons (Fsp3) is 0.154. The van der Waals surface area contributed by atoms with Gasteiger partial charge in [-0.1, -0.05) is 23.7 Å². The van der Waals surface area contributed by atoms with Gasteiger partial charge in [0.1, 0.15) is 0 Å². The lowest BCUT2D eigenvalue weighted by Gasteiger charge is -2.06. The lowest BCUT2D eigenvalue weighted by atomic mass is 10.2. The number of anilines is 1. The Balaban J connectivity index is 1.99. The van der Waals surface area contributed by atoms with Gasteiger partial charge >= 0.3 is 0 Å². The van der Waals surface area contributed by atoms with Crippen molar-refractivity contribution in [1.82, 2.24) is 4.98 Å². The molecule has 1 N–H and O–H groups in total. The van der Waals surface area contributed by atoms with Crippen LogP contribution in [0.4, 0.5) is 5.69 Å². The highest BCUT2D eigenvalue weighted by Crippen LogP contribution is 2.12. The minimum Gasteiger partial charge on any atom is -0.380 e. The summed E-state index contributed by atoms with van der Waals surface area (Å²) in [4.78, 5) is 4.13. The molecule has 82 valence electrons. The summed E-state index contributed by atoms with van der Waals surface area (Å²) < 4.78 is 0. The highest BCUT2D eigenvalue weighted by molar-refractivity contribution is 6.30. The van der Waals surface area contributed by atoms with Crippen LogP contribution in [-0.2, 0) is 6.54 Å². The maximum absolute atomic E-state index is 5.82. The number of nitrogens with zero attached hydrogens (tertiary/aromatic N) is 1. The third kappa shape index (κ3) is 2.97. The Bertz CT molecular complexity index is 466. The minimum absolute atomic E-state index is 0.765. The highest BCUT2D eigenvalue weighted by Gasteiger charge is 1.95. The Morgan fingerprint density at radius 1 is 1.19 bits per heavy atom. The van der Waals surface area contributed by atoms with Crippen LogP contribution >= 0.6 is 11.6 Å². The maximum atomic E-state index is 5.82. The predicted molar refractivity (Wildman–Crippen MR) is 67.8 cm³/mol. The average molecular weight is 233 g/mol. The van der Waals surface area contributed by atoms with E-state index in [1.54, 1.807) is 0 Å². The van der Waals surface area contributed by atoms with E-state index < -0.39 is 0 Å². The van der Waals surface area contributed by atoms with Crippen LogP contribution in [0.5, 0.6) is 0 Å². The van der Waals surface area contributed by atoms with Crippen molar-refractivity contribution >= 4 is 17.3 Å². The van der Waals surface area contributed by atoms with Gasteiger partial charge in [0, 0.05) is 24.0 Å². The summed E-state index contributed by atoms with van der Waals surface area (Å²) in [6.45, 7) is 2.81. The Morgan fingerprint density at radius 3 is 2.62 bits per heavy atom. The van der Waals surface area contributed by atoms with E-state index in [-0.39, 0.29) is 0 Å². The van der Waals surface area contributed by atoms with Gasteiger partial charge in [0.2, 0.25) is 0 Å². The fourth-order valence-corrected chi connectivity index (χ4v) is 1.58. The molecule has 2 rings (SSSR count). The number of nitrogens with one attached hydrogen (secondary N) is 1. The van der Waals surface area contributed by atoms with E-state index in [2.05, 4.69) is 16.4 Å². The normalized spacial score (nSPS) is 10.1. The molecule has 2 nitrogen and oxygen atoms in total. The van der Waals surface area contributed by atoms with E-state index in [0.29, 0.717) is 0 Å². The summed E-state index contributed by atoms with van der Waals surface area (Å²) in [5, 5.41) is 4.08. The first-order chi connectivity index (χ1) is 7.74. The van der Waals surface area contributed by atoms with E-state index in [4.69, 9.17) is 11.6 Å². The SMILES string of the molecule is Cc1cncc(NCc2ccc(Cl)cc2)c1. The topological polar surface area (TPSA) is 24.9 Å². The molecular weight excluding hydrogens is 220 g/mol. The summed E-state index contributed by atoms with van der Waals surface area (Å²) in [7, 11) is 0. The summed E-state index contributed by atoms with van der Waals surface area (Å²) in [6, 6.07) is 9.89. The molecule has 0 aliphatic carbocycles. The largest absolute Gasteiger partial charge is 0.380 e. The Kier molecular flexibility index (Phi) is 3.42. The van der Waals surface area contributed by atoms with Gasteiger partial charge in [-0.05, 0) is 36.2 Å². The van der Waals surface area contributed by atoms with E-state index in [1.807, 2.05) is 43.6 Å². The second-order valence-electron chi connectivity index (χ2n) is 3.73. The molecule has 2 aromatic rings. The molecule has 1 aromatic heterocycles. The van der Waals surface area contributed by atoms with Crippen molar-refractivity contribution in [2.24, 2.45) is 0 Å². The third-order valence-electron chi connectivity index (χ3n) is 2.28. The summed E-state index contributed by atoms with van der Waals surface area (Å²) >= 11 is 5.82. The summed E-state index contributed by atoms with van der Waals surface area (Å²) in [5.41, 5.74) is 3.39. The van der Waals surface area contributed by atoms with Gasteiger partial charge in [0.15, 0.2) is 0 Å². The van der Waals surface area contributed by atoms with Crippen LogP contribution in [0.3, 0.4) is 0 Å². The van der Waals surface area contributed by atoms with Crippen molar-refractivity contribution in [3.05, 3.63) is 58.9 Å². The molecule has 0 radical (unpaired) electrons. The van der Waals surface area contributed by atoms with Crippen LogP contribution in [0.25, 0.3) is 0 Å². The van der Waals surface area contributed by atoms with Gasteiger partial charge < -0.3 is 5.32 Å². The molecule has 0 saturated carbocycles. The smallest absolute Gasteiger partial charge is 0.0532 e. The first kappa shape index (κ1) is 11.0. The number of pyridine rings is 1. The van der Waals surface area contributed by atoms with Gasteiger partial charge in [-0.2, -0.15) is 0 Å². The molecule has 0 unspecified atom stereocenters. The zero-order chi connectivity index (χ0) is 11.4. The lowest BCUT2D eigenvalue weighted by Crippen LogP contribution is -1.99. The Labute approximate surface area is 100 Å². The molecule has 0 aliphatic heterocycles. The monoisotopic (exact) mass is 232 g/mol. The van der Waals surface area contributed by atoms with Crippen LogP contribution in [0.15, 0.2) is 42.7 Å². The third-order valence-corrected chi connectivity index (χ3v) is 2.54. The van der Waals surface area contributed by atoms with Gasteiger partial charge in [-0.25, -0.2) is 0 Å². The zero-order valence-corrected chi connectivity index (χ0v) is 9.83. The molecule has 0 amide bonds. The van der Waals surface area contributed by atoms with Gasteiger partial charge in [0.25, 0.3) is 0 Å². The molecule has 0 fully saturated rings. The fourth-order valence-electron chi connectivity index (χ4n) is 1.46. The highest BCUT2D eigenvalue weighted by atomic mass is 35.5. The molecule has 0 atom stereocenters. The van der Waals surface area contributed by atoms with Crippen molar-refractivity contribution in [2.75, 3.05) is 5.32 Å². The van der Waals surface area contributed by atoms with Crippen LogP contribution in [0, 0.1) is 6.92 Å². The quantitative estimate of drug-likeness (QED) is 0.874. The maximum Gasteiger partial charge on any atom is 0.0532 e. The predicted octanol–water partition coefficient (Wildman–Crippen LogP) is 3.66. The molecule has 0 saturated heterocycles. The number of aromatic nitrogens is 1. The number of benzene rings is 1. The number of hydrogen-bond donors (Lipinski definition) is 1. The number of halogens is 1. The van der Waals surface area contributed by atoms with E-state index in [1.165, 1.54) is 5.56 Å². The van der Waals surface area contributed by atoms with Gasteiger partial charge in [-0.3, -0.25) is 4.98 Å². The van der Waals surface area contributed by atoms with Crippen LogP contribution in [0.1, 0.15) is 11.1 Å². The van der Waals surface area contributed by atoms with Crippen LogP contribution in [0.2, 0.25) is 5.02 Å². The average Bonchev–Trinajstić information content (AvgIpc) is 2.28. The second kappa shape index (κ2) is 4.99. The van der Waals surface area contributed by atoms with Crippen molar-refractivity contribution in [2.45, 2.75) is 13.5 Å². The lowest BCUT2D eigenvalue weighted by molar-refractivity contribution is 1.13. The first-order valence-electron chi connectivity index (χ1n) is 5.14. The van der Waals surface area contributed by atoms with Crippen molar-refractivity contribution in [3.8, 4) is 0 Å². The first-order valence-corrected chi connectivity index (χ1v) is 5.52. The minimum atomic E-state index is 0.765. The van der Waals surface area contributed by atoms with Crippen LogP contribution < -0.4 is 5.32 Å². The molecule has 0 spiro atoms.